The van der Waals surface area contributed by atoms with E-state index in [0.29, 0.717) is 56.7 Å². The highest BCUT2D eigenvalue weighted by Gasteiger charge is 2.22. The zero-order valence-electron chi connectivity index (χ0n) is 24.7. The average molecular weight is 615 g/mol. The molecule has 13 heteroatoms. The molecule has 226 valence electrons. The van der Waals surface area contributed by atoms with Crippen molar-refractivity contribution in [2.75, 3.05) is 38.4 Å². The Bertz CT molecular complexity index is 1890. The van der Waals surface area contributed by atoms with E-state index < -0.39 is 5.91 Å². The number of pyridine rings is 1. The molecule has 12 nitrogen and oxygen atoms in total. The third kappa shape index (κ3) is 5.94. The Morgan fingerprint density at radius 1 is 1.02 bits per heavy atom. The van der Waals surface area contributed by atoms with E-state index in [1.807, 2.05) is 26.1 Å². The van der Waals surface area contributed by atoms with Gasteiger partial charge in [-0.3, -0.25) is 9.69 Å². The number of aromatic nitrogens is 5. The normalized spacial score (nSPS) is 15.5. The van der Waals surface area contributed by atoms with E-state index in [-0.39, 0.29) is 11.1 Å². The standard InChI is InChI=1S/C31H31ClN8O4/c1-18-10-24(28(43-4)15-26(18)44-20-7-9-40-29(12-20)34-17-36-40)37-30-21-13-25(27(42-3)14-23(21)33-16-35-30)38-31(41)22(32)11-19-6-5-8-39(19)2/h7,9-17,19H,5-6,8H2,1-4H3,(H,38,41)(H,33,35,37)/b22-11+. The molecule has 1 aliphatic heterocycles. The predicted molar refractivity (Wildman–Crippen MR) is 168 cm³/mol. The van der Waals surface area contributed by atoms with E-state index in [1.54, 1.807) is 48.2 Å². The molecule has 1 amide bonds. The highest BCUT2D eigenvalue weighted by atomic mass is 35.5. The number of hydrogen-bond donors (Lipinski definition) is 2. The van der Waals surface area contributed by atoms with Crippen LogP contribution >= 0.6 is 11.6 Å². The molecule has 2 aromatic carbocycles. The second-order valence-corrected chi connectivity index (χ2v) is 10.8. The molecule has 5 aromatic rings. The number of methoxy groups -OCH3 is 2. The molecule has 4 heterocycles. The predicted octanol–water partition coefficient (Wildman–Crippen LogP) is 5.69. The summed E-state index contributed by atoms with van der Waals surface area (Å²) >= 11 is 6.42. The van der Waals surface area contributed by atoms with Crippen molar-refractivity contribution in [2.24, 2.45) is 0 Å². The Balaban J connectivity index is 1.28. The fraction of sp³-hybridized carbons (Fsp3) is 0.258. The molecular formula is C31H31ClN8O4. The third-order valence-electron chi connectivity index (χ3n) is 7.57. The summed E-state index contributed by atoms with van der Waals surface area (Å²) in [6, 6.07) is 11.0. The summed E-state index contributed by atoms with van der Waals surface area (Å²) in [6.07, 6.45) is 8.54. The lowest BCUT2D eigenvalue weighted by atomic mass is 10.1. The van der Waals surface area contributed by atoms with Crippen LogP contribution in [0.1, 0.15) is 18.4 Å². The summed E-state index contributed by atoms with van der Waals surface area (Å²) in [5.74, 6) is 2.30. The molecule has 1 atom stereocenters. The van der Waals surface area contributed by atoms with Gasteiger partial charge in [-0.2, -0.15) is 5.10 Å². The van der Waals surface area contributed by atoms with Gasteiger partial charge in [0, 0.05) is 35.8 Å². The van der Waals surface area contributed by atoms with Gasteiger partial charge in [0.15, 0.2) is 5.65 Å². The van der Waals surface area contributed by atoms with Crippen molar-refractivity contribution in [3.8, 4) is 23.0 Å². The van der Waals surface area contributed by atoms with E-state index in [0.717, 1.165) is 24.9 Å². The van der Waals surface area contributed by atoms with Gasteiger partial charge in [-0.1, -0.05) is 11.6 Å². The summed E-state index contributed by atoms with van der Waals surface area (Å²) < 4.78 is 19.1. The lowest BCUT2D eigenvalue weighted by Crippen LogP contribution is -2.24. The quantitative estimate of drug-likeness (QED) is 0.200. The number of nitrogens with one attached hydrogen (secondary N) is 2. The number of likely N-dealkylation sites (N-methyl/N-ethyl adjacent to an activating group) is 1. The van der Waals surface area contributed by atoms with Crippen LogP contribution < -0.4 is 24.8 Å². The number of anilines is 3. The number of carbonyl (C=O) groups is 1. The van der Waals surface area contributed by atoms with E-state index in [4.69, 9.17) is 25.8 Å². The largest absolute Gasteiger partial charge is 0.494 e. The molecule has 1 saturated heterocycles. The van der Waals surface area contributed by atoms with Crippen molar-refractivity contribution in [3.05, 3.63) is 71.9 Å². The molecule has 3 aromatic heterocycles. The number of carbonyl (C=O) groups excluding carboxylic acids is 1. The van der Waals surface area contributed by atoms with Crippen LogP contribution in [-0.2, 0) is 4.79 Å². The first-order valence-electron chi connectivity index (χ1n) is 14.0. The zero-order chi connectivity index (χ0) is 30.8. The molecule has 0 saturated carbocycles. The Morgan fingerprint density at radius 2 is 1.84 bits per heavy atom. The van der Waals surface area contributed by atoms with Gasteiger partial charge < -0.3 is 24.8 Å². The number of hydrogen-bond acceptors (Lipinski definition) is 10. The maximum atomic E-state index is 13.1. The topological polar surface area (TPSA) is 128 Å². The van der Waals surface area contributed by atoms with Crippen LogP contribution in [-0.4, -0.2) is 69.2 Å². The van der Waals surface area contributed by atoms with Crippen LogP contribution in [0.2, 0.25) is 0 Å². The van der Waals surface area contributed by atoms with E-state index in [1.165, 1.54) is 19.8 Å². The first kappa shape index (κ1) is 29.1. The van der Waals surface area contributed by atoms with E-state index in [2.05, 4.69) is 35.6 Å². The second-order valence-electron chi connectivity index (χ2n) is 10.4. The van der Waals surface area contributed by atoms with Crippen LogP contribution in [0.5, 0.6) is 23.0 Å². The minimum absolute atomic E-state index is 0.123. The third-order valence-corrected chi connectivity index (χ3v) is 7.86. The number of amides is 1. The number of rotatable bonds is 9. The number of halogens is 1. The van der Waals surface area contributed by atoms with Gasteiger partial charge in [-0.25, -0.2) is 19.5 Å². The summed E-state index contributed by atoms with van der Waals surface area (Å²) in [5, 5.41) is 11.1. The Hall–Kier alpha value is -4.94. The zero-order valence-corrected chi connectivity index (χ0v) is 25.4. The van der Waals surface area contributed by atoms with Crippen molar-refractivity contribution in [3.63, 3.8) is 0 Å². The van der Waals surface area contributed by atoms with Crippen molar-refractivity contribution in [1.82, 2.24) is 29.5 Å². The number of nitrogens with zero attached hydrogens (tertiary/aromatic N) is 6. The molecule has 44 heavy (non-hydrogen) atoms. The Kier molecular flexibility index (Phi) is 8.18. The number of benzene rings is 2. The molecule has 0 radical (unpaired) electrons. The molecular weight excluding hydrogens is 584 g/mol. The van der Waals surface area contributed by atoms with Gasteiger partial charge in [0.25, 0.3) is 5.91 Å². The monoisotopic (exact) mass is 614 g/mol. The van der Waals surface area contributed by atoms with Crippen LogP contribution in [0.4, 0.5) is 17.2 Å². The molecule has 1 fully saturated rings. The number of aryl methyl sites for hydroxylation is 1. The summed E-state index contributed by atoms with van der Waals surface area (Å²) in [4.78, 5) is 28.3. The number of ether oxygens (including phenoxy) is 3. The Labute approximate surface area is 258 Å². The fourth-order valence-corrected chi connectivity index (χ4v) is 5.38. The number of fused-ring (bicyclic) bond motifs is 2. The summed E-state index contributed by atoms with van der Waals surface area (Å²) in [5.41, 5.74) is 3.25. The van der Waals surface area contributed by atoms with Crippen LogP contribution in [0.25, 0.3) is 16.6 Å². The highest BCUT2D eigenvalue weighted by molar-refractivity contribution is 6.44. The smallest absolute Gasteiger partial charge is 0.266 e. The first-order valence-corrected chi connectivity index (χ1v) is 14.4. The summed E-state index contributed by atoms with van der Waals surface area (Å²) in [6.45, 7) is 2.91. The van der Waals surface area contributed by atoms with Crippen LogP contribution in [0.15, 0.2) is 66.4 Å². The van der Waals surface area contributed by atoms with Gasteiger partial charge in [0.2, 0.25) is 0 Å². The van der Waals surface area contributed by atoms with Crippen molar-refractivity contribution in [2.45, 2.75) is 25.8 Å². The van der Waals surface area contributed by atoms with Crippen molar-refractivity contribution < 1.29 is 19.0 Å². The highest BCUT2D eigenvalue weighted by Crippen LogP contribution is 2.39. The summed E-state index contributed by atoms with van der Waals surface area (Å²) in [7, 11) is 5.14. The molecule has 0 bridgehead atoms. The van der Waals surface area contributed by atoms with Crippen LogP contribution in [0, 0.1) is 6.92 Å². The van der Waals surface area contributed by atoms with E-state index in [9.17, 15) is 4.79 Å². The van der Waals surface area contributed by atoms with Crippen LogP contribution in [0.3, 0.4) is 0 Å². The van der Waals surface area contributed by atoms with E-state index >= 15 is 0 Å². The minimum Gasteiger partial charge on any atom is -0.494 e. The lowest BCUT2D eigenvalue weighted by molar-refractivity contribution is -0.112. The molecule has 0 aliphatic carbocycles. The first-order chi connectivity index (χ1) is 21.3. The molecule has 1 unspecified atom stereocenters. The van der Waals surface area contributed by atoms with Crippen molar-refractivity contribution in [1.29, 1.82) is 0 Å². The Morgan fingerprint density at radius 3 is 2.61 bits per heavy atom. The van der Waals surface area contributed by atoms with Gasteiger partial charge in [-0.15, -0.1) is 0 Å². The SMILES string of the molecule is COc1cc2ncnc(Nc3cc(C)c(Oc4ccn5ncnc5c4)cc3OC)c2cc1NC(=O)/C(Cl)=C\C1CCCN1C. The lowest BCUT2D eigenvalue weighted by Gasteiger charge is -2.17. The van der Waals surface area contributed by atoms with Gasteiger partial charge in [-0.05, 0) is 63.2 Å². The fourth-order valence-electron chi connectivity index (χ4n) is 5.18. The van der Waals surface area contributed by atoms with Gasteiger partial charge in [0.05, 0.1) is 31.1 Å². The molecule has 0 spiro atoms. The molecule has 2 N–H and O–H groups in total. The van der Waals surface area contributed by atoms with Gasteiger partial charge >= 0.3 is 0 Å². The maximum Gasteiger partial charge on any atom is 0.266 e. The van der Waals surface area contributed by atoms with Gasteiger partial charge in [0.1, 0.15) is 46.5 Å². The number of likely N-dealkylation sites (tertiary alicyclic amines) is 1. The minimum atomic E-state index is -0.424. The molecule has 1 aliphatic rings. The average Bonchev–Trinajstić information content (AvgIpc) is 3.66. The second kappa shape index (κ2) is 12.3. The maximum absolute atomic E-state index is 13.1. The molecule has 6 rings (SSSR count). The van der Waals surface area contributed by atoms with Crippen molar-refractivity contribution >= 4 is 51.3 Å².